The number of hydrogen-bond donors (Lipinski definition) is 0. The second-order valence-electron chi connectivity index (χ2n) is 12.2. The van der Waals surface area contributed by atoms with Crippen molar-refractivity contribution in [1.29, 1.82) is 0 Å². The standard InChI is InChI=1S/2C12H25N/c1-11(2,3)10-7-8-13(9-10)12(4,5)6;1-10(2)13-8-6-11(7-9-13)12(3,4)5/h10H,7-9H2,1-6H3;10-11H,6-9H2,1-5H3. The summed E-state index contributed by atoms with van der Waals surface area (Å²) in [7, 11) is 0. The van der Waals surface area contributed by atoms with Crippen molar-refractivity contribution in [3.8, 4) is 0 Å². The summed E-state index contributed by atoms with van der Waals surface area (Å²) >= 11 is 0. The van der Waals surface area contributed by atoms with Crippen LogP contribution in [0.3, 0.4) is 0 Å². The lowest BCUT2D eigenvalue weighted by atomic mass is 9.75. The van der Waals surface area contributed by atoms with E-state index < -0.39 is 0 Å². The number of piperidine rings is 1. The Labute approximate surface area is 166 Å². The van der Waals surface area contributed by atoms with Gasteiger partial charge in [0.25, 0.3) is 0 Å². The monoisotopic (exact) mass is 366 g/mol. The molecule has 0 N–H and O–H groups in total. The first-order valence-corrected chi connectivity index (χ1v) is 11.1. The Hall–Kier alpha value is -0.0800. The van der Waals surface area contributed by atoms with Gasteiger partial charge in [-0.1, -0.05) is 41.5 Å². The molecule has 0 aromatic carbocycles. The van der Waals surface area contributed by atoms with E-state index in [0.29, 0.717) is 16.4 Å². The van der Waals surface area contributed by atoms with Crippen molar-refractivity contribution in [1.82, 2.24) is 9.80 Å². The van der Waals surface area contributed by atoms with Gasteiger partial charge >= 0.3 is 0 Å². The molecule has 2 heterocycles. The molecule has 0 aromatic rings. The zero-order chi connectivity index (χ0) is 20.3. The van der Waals surface area contributed by atoms with E-state index in [2.05, 4.69) is 86.0 Å². The molecule has 2 rings (SSSR count). The van der Waals surface area contributed by atoms with E-state index in [4.69, 9.17) is 0 Å². The lowest BCUT2D eigenvalue weighted by Gasteiger charge is -2.40. The van der Waals surface area contributed by atoms with Gasteiger partial charge in [-0.3, -0.25) is 4.90 Å². The molecule has 2 heteroatoms. The average molecular weight is 367 g/mol. The third kappa shape index (κ3) is 7.50. The molecule has 0 radical (unpaired) electrons. The van der Waals surface area contributed by atoms with E-state index in [1.165, 1.54) is 45.4 Å². The molecule has 26 heavy (non-hydrogen) atoms. The summed E-state index contributed by atoms with van der Waals surface area (Å²) in [5.41, 5.74) is 1.36. The van der Waals surface area contributed by atoms with Gasteiger partial charge in [0.1, 0.15) is 0 Å². The number of hydrogen-bond acceptors (Lipinski definition) is 2. The van der Waals surface area contributed by atoms with E-state index in [-0.39, 0.29) is 0 Å². The summed E-state index contributed by atoms with van der Waals surface area (Å²) in [6.45, 7) is 31.0. The highest BCUT2D eigenvalue weighted by Crippen LogP contribution is 2.36. The van der Waals surface area contributed by atoms with Crippen LogP contribution in [-0.4, -0.2) is 47.6 Å². The first kappa shape index (κ1) is 24.0. The molecule has 1 atom stereocenters. The molecule has 2 nitrogen and oxygen atoms in total. The maximum atomic E-state index is 2.61. The van der Waals surface area contributed by atoms with Gasteiger partial charge in [-0.25, -0.2) is 0 Å². The molecule has 2 aliphatic rings. The molecule has 0 bridgehead atoms. The Morgan fingerprint density at radius 1 is 0.654 bits per heavy atom. The van der Waals surface area contributed by atoms with Gasteiger partial charge in [-0.15, -0.1) is 0 Å². The van der Waals surface area contributed by atoms with Gasteiger partial charge < -0.3 is 4.90 Å². The van der Waals surface area contributed by atoms with E-state index in [9.17, 15) is 0 Å². The van der Waals surface area contributed by atoms with Crippen LogP contribution >= 0.6 is 0 Å². The van der Waals surface area contributed by atoms with Gasteiger partial charge in [0.15, 0.2) is 0 Å². The van der Waals surface area contributed by atoms with Crippen LogP contribution in [0.25, 0.3) is 0 Å². The van der Waals surface area contributed by atoms with Crippen molar-refractivity contribution in [2.75, 3.05) is 26.2 Å². The molecule has 0 amide bonds. The van der Waals surface area contributed by atoms with Crippen LogP contribution in [0.4, 0.5) is 0 Å². The summed E-state index contributed by atoms with van der Waals surface area (Å²) < 4.78 is 0. The van der Waals surface area contributed by atoms with Crippen molar-refractivity contribution >= 4 is 0 Å². The fraction of sp³-hybridized carbons (Fsp3) is 1.00. The Balaban J connectivity index is 0.000000260. The lowest BCUT2D eigenvalue weighted by molar-refractivity contribution is 0.0930. The minimum absolute atomic E-state index is 0.361. The van der Waals surface area contributed by atoms with Crippen molar-refractivity contribution in [3.63, 3.8) is 0 Å². The topological polar surface area (TPSA) is 6.48 Å². The summed E-state index contributed by atoms with van der Waals surface area (Å²) in [6.07, 6.45) is 4.16. The molecule has 0 saturated carbocycles. The third-order valence-corrected chi connectivity index (χ3v) is 6.85. The molecular formula is C24H50N2. The molecule has 2 aliphatic heterocycles. The summed E-state index contributed by atoms with van der Waals surface area (Å²) in [5, 5.41) is 0. The normalized spacial score (nSPS) is 24.7. The van der Waals surface area contributed by atoms with Crippen LogP contribution in [0.5, 0.6) is 0 Å². The number of likely N-dealkylation sites (tertiary alicyclic amines) is 2. The Bertz CT molecular complexity index is 377. The highest BCUT2D eigenvalue weighted by molar-refractivity contribution is 4.89. The number of rotatable bonds is 1. The summed E-state index contributed by atoms with van der Waals surface area (Å²) in [5.74, 6) is 1.81. The second kappa shape index (κ2) is 8.95. The van der Waals surface area contributed by atoms with E-state index >= 15 is 0 Å². The molecule has 0 spiro atoms. The average Bonchev–Trinajstić information content (AvgIpc) is 2.97. The van der Waals surface area contributed by atoms with Gasteiger partial charge in [0.05, 0.1) is 0 Å². The minimum atomic E-state index is 0.361. The van der Waals surface area contributed by atoms with Crippen LogP contribution in [0.1, 0.15) is 95.4 Å². The first-order chi connectivity index (χ1) is 11.6. The Kier molecular flexibility index (Phi) is 8.24. The van der Waals surface area contributed by atoms with E-state index in [1.54, 1.807) is 0 Å². The zero-order valence-electron chi connectivity index (χ0n) is 20.1. The van der Waals surface area contributed by atoms with Crippen LogP contribution in [0.2, 0.25) is 0 Å². The van der Waals surface area contributed by atoms with Crippen LogP contribution < -0.4 is 0 Å². The minimum Gasteiger partial charge on any atom is -0.301 e. The third-order valence-electron chi connectivity index (χ3n) is 6.85. The molecule has 0 aromatic heterocycles. The first-order valence-electron chi connectivity index (χ1n) is 11.1. The quantitative estimate of drug-likeness (QED) is 0.537. The highest BCUT2D eigenvalue weighted by atomic mass is 15.2. The fourth-order valence-corrected chi connectivity index (χ4v) is 4.36. The van der Waals surface area contributed by atoms with Crippen molar-refractivity contribution in [2.24, 2.45) is 22.7 Å². The SMILES string of the molecule is CC(C)(C)C1CCN(C(C)(C)C)C1.CC(C)N1CCC(C(C)(C)C)CC1. The Morgan fingerprint density at radius 3 is 1.35 bits per heavy atom. The van der Waals surface area contributed by atoms with Gasteiger partial charge in [0, 0.05) is 18.1 Å². The molecule has 1 unspecified atom stereocenters. The van der Waals surface area contributed by atoms with E-state index in [0.717, 1.165) is 17.9 Å². The highest BCUT2D eigenvalue weighted by Gasteiger charge is 2.35. The Morgan fingerprint density at radius 2 is 1.08 bits per heavy atom. The molecule has 2 saturated heterocycles. The second-order valence-corrected chi connectivity index (χ2v) is 12.2. The van der Waals surface area contributed by atoms with Gasteiger partial charge in [-0.2, -0.15) is 0 Å². The van der Waals surface area contributed by atoms with Crippen molar-refractivity contribution in [3.05, 3.63) is 0 Å². The zero-order valence-corrected chi connectivity index (χ0v) is 20.1. The van der Waals surface area contributed by atoms with Gasteiger partial charge in [-0.05, 0) is 96.2 Å². The largest absolute Gasteiger partial charge is 0.301 e. The predicted octanol–water partition coefficient (Wildman–Crippen LogP) is 6.31. The summed E-state index contributed by atoms with van der Waals surface area (Å²) in [6, 6.07) is 0.737. The van der Waals surface area contributed by atoms with Crippen LogP contribution in [0, 0.1) is 22.7 Å². The maximum absolute atomic E-state index is 2.61. The molecule has 2 fully saturated rings. The molecular weight excluding hydrogens is 316 g/mol. The van der Waals surface area contributed by atoms with Crippen LogP contribution in [-0.2, 0) is 0 Å². The predicted molar refractivity (Wildman–Crippen MR) is 118 cm³/mol. The maximum Gasteiger partial charge on any atom is 0.0125 e. The van der Waals surface area contributed by atoms with Crippen molar-refractivity contribution < 1.29 is 0 Å². The molecule has 0 aliphatic carbocycles. The van der Waals surface area contributed by atoms with Gasteiger partial charge in [0.2, 0.25) is 0 Å². The van der Waals surface area contributed by atoms with Crippen LogP contribution in [0.15, 0.2) is 0 Å². The fourth-order valence-electron chi connectivity index (χ4n) is 4.36. The molecule has 156 valence electrons. The summed E-state index contributed by atoms with van der Waals surface area (Å²) in [4.78, 5) is 5.21. The van der Waals surface area contributed by atoms with E-state index in [1.807, 2.05) is 0 Å². The number of nitrogens with zero attached hydrogens (tertiary/aromatic N) is 2. The smallest absolute Gasteiger partial charge is 0.0125 e. The van der Waals surface area contributed by atoms with Crippen molar-refractivity contribution in [2.45, 2.75) is 107 Å². The lowest BCUT2D eigenvalue weighted by Crippen LogP contribution is -2.41.